The molecule has 0 spiro atoms. The molecular formula is C17H15Br. The summed E-state index contributed by atoms with van der Waals surface area (Å²) < 4.78 is 1.19. The van der Waals surface area contributed by atoms with Gasteiger partial charge < -0.3 is 0 Å². The molecule has 0 radical (unpaired) electrons. The van der Waals surface area contributed by atoms with Gasteiger partial charge >= 0.3 is 0 Å². The van der Waals surface area contributed by atoms with Gasteiger partial charge in [-0.15, -0.1) is 0 Å². The highest BCUT2D eigenvalue weighted by Crippen LogP contribution is 2.38. The molecule has 1 unspecified atom stereocenters. The van der Waals surface area contributed by atoms with Crippen LogP contribution in [0.15, 0.2) is 46.9 Å². The first-order chi connectivity index (χ1) is 8.68. The molecule has 0 bridgehead atoms. The van der Waals surface area contributed by atoms with Crippen LogP contribution in [0.5, 0.6) is 0 Å². The fourth-order valence-electron chi connectivity index (χ4n) is 2.67. The van der Waals surface area contributed by atoms with Gasteiger partial charge in [0.2, 0.25) is 0 Å². The summed E-state index contributed by atoms with van der Waals surface area (Å²) in [6.45, 7) is 4.39. The maximum absolute atomic E-state index is 3.60. The van der Waals surface area contributed by atoms with Gasteiger partial charge in [-0.05, 0) is 47.7 Å². The van der Waals surface area contributed by atoms with Crippen molar-refractivity contribution >= 4 is 22.0 Å². The second-order valence-corrected chi connectivity index (χ2v) is 5.71. The molecule has 1 aliphatic rings. The van der Waals surface area contributed by atoms with Crippen LogP contribution in [0, 0.1) is 13.8 Å². The van der Waals surface area contributed by atoms with Gasteiger partial charge in [-0.2, -0.15) is 0 Å². The summed E-state index contributed by atoms with van der Waals surface area (Å²) in [5.74, 6) is 0.410. The molecule has 18 heavy (non-hydrogen) atoms. The first-order valence-corrected chi connectivity index (χ1v) is 7.00. The molecule has 3 rings (SSSR count). The average Bonchev–Trinajstić information content (AvgIpc) is 2.80. The molecule has 1 heteroatoms. The molecule has 0 nitrogen and oxygen atoms in total. The van der Waals surface area contributed by atoms with E-state index in [9.17, 15) is 0 Å². The third kappa shape index (κ3) is 1.74. The molecule has 0 saturated heterocycles. The summed E-state index contributed by atoms with van der Waals surface area (Å²) in [6.07, 6.45) is 4.54. The first-order valence-electron chi connectivity index (χ1n) is 6.21. The minimum Gasteiger partial charge on any atom is -0.0720 e. The van der Waals surface area contributed by atoms with Crippen molar-refractivity contribution in [2.75, 3.05) is 0 Å². The largest absolute Gasteiger partial charge is 0.0720 e. The van der Waals surface area contributed by atoms with E-state index in [4.69, 9.17) is 0 Å². The summed E-state index contributed by atoms with van der Waals surface area (Å²) in [7, 11) is 0. The van der Waals surface area contributed by atoms with Crippen LogP contribution < -0.4 is 0 Å². The van der Waals surface area contributed by atoms with Crippen LogP contribution in [0.3, 0.4) is 0 Å². The van der Waals surface area contributed by atoms with E-state index in [2.05, 4.69) is 78.3 Å². The van der Waals surface area contributed by atoms with Crippen molar-refractivity contribution in [2.45, 2.75) is 19.8 Å². The highest BCUT2D eigenvalue weighted by molar-refractivity contribution is 9.10. The minimum absolute atomic E-state index is 0.410. The van der Waals surface area contributed by atoms with E-state index in [0.29, 0.717) is 5.92 Å². The van der Waals surface area contributed by atoms with Gasteiger partial charge in [0.15, 0.2) is 0 Å². The van der Waals surface area contributed by atoms with Crippen LogP contribution >= 0.6 is 15.9 Å². The summed E-state index contributed by atoms with van der Waals surface area (Å²) in [5, 5.41) is 0. The number of fused-ring (bicyclic) bond motifs is 1. The number of halogens is 1. The molecule has 2 aromatic carbocycles. The molecular weight excluding hydrogens is 284 g/mol. The molecule has 0 aliphatic heterocycles. The van der Waals surface area contributed by atoms with Gasteiger partial charge in [0, 0.05) is 10.4 Å². The summed E-state index contributed by atoms with van der Waals surface area (Å²) >= 11 is 3.60. The predicted octanol–water partition coefficient (Wildman–Crippen LogP) is 5.22. The zero-order valence-electron chi connectivity index (χ0n) is 10.6. The van der Waals surface area contributed by atoms with Gasteiger partial charge in [-0.1, -0.05) is 58.4 Å². The van der Waals surface area contributed by atoms with E-state index in [0.717, 1.165) is 0 Å². The lowest BCUT2D eigenvalue weighted by Crippen LogP contribution is -2.00. The van der Waals surface area contributed by atoms with E-state index in [1.54, 1.807) is 0 Å². The number of rotatable bonds is 1. The van der Waals surface area contributed by atoms with E-state index >= 15 is 0 Å². The zero-order valence-corrected chi connectivity index (χ0v) is 12.2. The number of benzene rings is 2. The maximum Gasteiger partial charge on any atom is 0.0281 e. The van der Waals surface area contributed by atoms with E-state index in [-0.39, 0.29) is 0 Å². The van der Waals surface area contributed by atoms with Crippen molar-refractivity contribution < 1.29 is 0 Å². The Balaban J connectivity index is 2.14. The van der Waals surface area contributed by atoms with Crippen LogP contribution in [-0.2, 0) is 0 Å². The van der Waals surface area contributed by atoms with Crippen LogP contribution in [0.2, 0.25) is 0 Å². The van der Waals surface area contributed by atoms with E-state index in [1.165, 1.54) is 32.3 Å². The third-order valence-electron chi connectivity index (χ3n) is 3.90. The van der Waals surface area contributed by atoms with E-state index in [1.807, 2.05) is 0 Å². The Morgan fingerprint density at radius 2 is 1.67 bits per heavy atom. The second kappa shape index (κ2) is 4.40. The van der Waals surface area contributed by atoms with Crippen molar-refractivity contribution in [2.24, 2.45) is 0 Å². The van der Waals surface area contributed by atoms with Gasteiger partial charge in [-0.3, -0.25) is 0 Å². The fraction of sp³-hybridized carbons (Fsp3) is 0.176. The molecule has 1 atom stereocenters. The molecule has 0 N–H and O–H groups in total. The van der Waals surface area contributed by atoms with Crippen molar-refractivity contribution in [3.63, 3.8) is 0 Å². The fourth-order valence-corrected chi connectivity index (χ4v) is 3.10. The lowest BCUT2D eigenvalue weighted by Gasteiger charge is -2.17. The molecule has 0 fully saturated rings. The Kier molecular flexibility index (Phi) is 2.87. The monoisotopic (exact) mass is 298 g/mol. The van der Waals surface area contributed by atoms with Crippen LogP contribution in [0.25, 0.3) is 6.08 Å². The Morgan fingerprint density at radius 1 is 0.889 bits per heavy atom. The molecule has 0 saturated carbocycles. The zero-order chi connectivity index (χ0) is 12.7. The summed E-state index contributed by atoms with van der Waals surface area (Å²) in [6, 6.07) is 13.0. The summed E-state index contributed by atoms with van der Waals surface area (Å²) in [5.41, 5.74) is 6.91. The quantitative estimate of drug-likeness (QED) is 0.677. The SMILES string of the molecule is Cc1c(Br)ccc(C2C=Cc3ccccc32)c1C. The number of allylic oxidation sites excluding steroid dienone is 1. The topological polar surface area (TPSA) is 0 Å². The molecule has 0 aromatic heterocycles. The third-order valence-corrected chi connectivity index (χ3v) is 4.76. The predicted molar refractivity (Wildman–Crippen MR) is 80.9 cm³/mol. The average molecular weight is 299 g/mol. The maximum atomic E-state index is 3.60. The lowest BCUT2D eigenvalue weighted by molar-refractivity contribution is 1.02. The van der Waals surface area contributed by atoms with Gasteiger partial charge in [0.1, 0.15) is 0 Å². The molecule has 1 aliphatic carbocycles. The Bertz CT molecular complexity index is 638. The molecule has 90 valence electrons. The lowest BCUT2D eigenvalue weighted by atomic mass is 9.88. The van der Waals surface area contributed by atoms with Gasteiger partial charge in [-0.25, -0.2) is 0 Å². The minimum atomic E-state index is 0.410. The summed E-state index contributed by atoms with van der Waals surface area (Å²) in [4.78, 5) is 0. The van der Waals surface area contributed by atoms with Crippen molar-refractivity contribution in [1.82, 2.24) is 0 Å². The van der Waals surface area contributed by atoms with Crippen LogP contribution in [-0.4, -0.2) is 0 Å². The first kappa shape index (κ1) is 11.7. The van der Waals surface area contributed by atoms with Gasteiger partial charge in [0.05, 0.1) is 0 Å². The smallest absolute Gasteiger partial charge is 0.0281 e. The van der Waals surface area contributed by atoms with Crippen LogP contribution in [0.4, 0.5) is 0 Å². The van der Waals surface area contributed by atoms with Gasteiger partial charge in [0.25, 0.3) is 0 Å². The highest BCUT2D eigenvalue weighted by Gasteiger charge is 2.20. The number of hydrogen-bond donors (Lipinski definition) is 0. The Labute approximate surface area is 116 Å². The van der Waals surface area contributed by atoms with Crippen molar-refractivity contribution in [3.8, 4) is 0 Å². The standard InChI is InChI=1S/C17H15Br/c1-11-12(2)17(18)10-9-14(11)16-8-7-13-5-3-4-6-15(13)16/h3-10,16H,1-2H3. The Morgan fingerprint density at radius 3 is 2.50 bits per heavy atom. The van der Waals surface area contributed by atoms with Crippen LogP contribution in [0.1, 0.15) is 33.7 Å². The molecule has 2 aromatic rings. The highest BCUT2D eigenvalue weighted by atomic mass is 79.9. The van der Waals surface area contributed by atoms with Crippen molar-refractivity contribution in [3.05, 3.63) is 74.8 Å². The second-order valence-electron chi connectivity index (χ2n) is 4.85. The van der Waals surface area contributed by atoms with Crippen molar-refractivity contribution in [1.29, 1.82) is 0 Å². The molecule has 0 heterocycles. The molecule has 0 amide bonds. The Hall–Kier alpha value is -1.34. The number of hydrogen-bond acceptors (Lipinski definition) is 0. The van der Waals surface area contributed by atoms with E-state index < -0.39 is 0 Å². The normalized spacial score (nSPS) is 16.9.